The first-order valence-corrected chi connectivity index (χ1v) is 7.55. The van der Waals surface area contributed by atoms with E-state index >= 15 is 0 Å². The highest BCUT2D eigenvalue weighted by Crippen LogP contribution is 2.13. The zero-order valence-electron chi connectivity index (χ0n) is 14.3. The van der Waals surface area contributed by atoms with E-state index in [1.165, 1.54) is 0 Å². The predicted octanol–water partition coefficient (Wildman–Crippen LogP) is 1.51. The third-order valence-electron chi connectivity index (χ3n) is 2.96. The number of hydrogen-bond acceptors (Lipinski definition) is 5. The lowest BCUT2D eigenvalue weighted by Gasteiger charge is -2.20. The van der Waals surface area contributed by atoms with Gasteiger partial charge in [-0.05, 0) is 45.4 Å². The van der Waals surface area contributed by atoms with Crippen LogP contribution in [-0.4, -0.2) is 41.3 Å². The maximum Gasteiger partial charge on any atom is 0.407 e. The van der Waals surface area contributed by atoms with Crippen LogP contribution in [-0.2, 0) is 9.53 Å². The highest BCUT2D eigenvalue weighted by atomic mass is 19.1. The number of aliphatic carboxylic acids is 1. The molecule has 1 aromatic rings. The molecule has 0 aliphatic rings. The average molecular weight is 355 g/mol. The van der Waals surface area contributed by atoms with Crippen LogP contribution in [0.4, 0.5) is 14.9 Å². The quantitative estimate of drug-likeness (QED) is 0.572. The standard InChI is InChI=1S/C16H22FN3O5/c1-16(2,3)25-15(24)19-7-6-12(14(22)23)20-13(21)10-5-4-9(17)8-11(10)18/h4-5,8,12H,6-7,18H2,1-3H3,(H,19,24)(H,20,21)(H,22,23)/t12-/m0/s1. The van der Waals surface area contributed by atoms with Crippen molar-refractivity contribution in [1.82, 2.24) is 10.6 Å². The van der Waals surface area contributed by atoms with Crippen LogP contribution in [0.3, 0.4) is 0 Å². The number of nitrogens with two attached hydrogens (primary N) is 1. The molecule has 0 heterocycles. The van der Waals surface area contributed by atoms with E-state index in [-0.39, 0.29) is 24.2 Å². The minimum absolute atomic E-state index is 0.0228. The van der Waals surface area contributed by atoms with E-state index in [1.807, 2.05) is 0 Å². The van der Waals surface area contributed by atoms with Gasteiger partial charge in [-0.25, -0.2) is 14.0 Å². The Hall–Kier alpha value is -2.84. The van der Waals surface area contributed by atoms with Gasteiger partial charge in [-0.15, -0.1) is 0 Å². The number of ether oxygens (including phenoxy) is 1. The monoisotopic (exact) mass is 355 g/mol. The Morgan fingerprint density at radius 3 is 2.48 bits per heavy atom. The summed E-state index contributed by atoms with van der Waals surface area (Å²) >= 11 is 0. The molecule has 0 saturated heterocycles. The Morgan fingerprint density at radius 2 is 1.96 bits per heavy atom. The number of nitrogen functional groups attached to an aromatic ring is 1. The van der Waals surface area contributed by atoms with Gasteiger partial charge in [-0.3, -0.25) is 4.79 Å². The molecule has 0 aromatic heterocycles. The molecule has 8 nitrogen and oxygen atoms in total. The Kier molecular flexibility index (Phi) is 6.72. The molecule has 0 radical (unpaired) electrons. The number of rotatable bonds is 6. The van der Waals surface area contributed by atoms with Crippen LogP contribution in [0.1, 0.15) is 37.6 Å². The van der Waals surface area contributed by atoms with E-state index < -0.39 is 35.4 Å². The first-order valence-electron chi connectivity index (χ1n) is 7.55. The van der Waals surface area contributed by atoms with Crippen LogP contribution in [0.25, 0.3) is 0 Å². The van der Waals surface area contributed by atoms with E-state index in [1.54, 1.807) is 20.8 Å². The van der Waals surface area contributed by atoms with Gasteiger partial charge < -0.3 is 26.2 Å². The average Bonchev–Trinajstić information content (AvgIpc) is 2.43. The Morgan fingerprint density at radius 1 is 1.32 bits per heavy atom. The number of carboxylic acid groups (broad SMARTS) is 1. The van der Waals surface area contributed by atoms with Crippen molar-refractivity contribution in [3.8, 4) is 0 Å². The summed E-state index contributed by atoms with van der Waals surface area (Å²) in [5, 5.41) is 13.9. The summed E-state index contributed by atoms with van der Waals surface area (Å²) in [4.78, 5) is 34.9. The van der Waals surface area contributed by atoms with Gasteiger partial charge in [0.2, 0.25) is 0 Å². The van der Waals surface area contributed by atoms with Crippen molar-refractivity contribution in [2.24, 2.45) is 0 Å². The molecule has 0 bridgehead atoms. The number of nitrogens with one attached hydrogen (secondary N) is 2. The Balaban J connectivity index is 2.61. The van der Waals surface area contributed by atoms with Crippen LogP contribution < -0.4 is 16.4 Å². The SMILES string of the molecule is CC(C)(C)OC(=O)NCC[C@H](NC(=O)c1ccc(F)cc1N)C(=O)O. The van der Waals surface area contributed by atoms with Gasteiger partial charge in [0.05, 0.1) is 5.56 Å². The highest BCUT2D eigenvalue weighted by molar-refractivity contribution is 6.00. The summed E-state index contributed by atoms with van der Waals surface area (Å²) in [5.74, 6) is -2.63. The minimum Gasteiger partial charge on any atom is -0.480 e. The Bertz CT molecular complexity index is 658. The molecule has 1 rings (SSSR count). The molecule has 25 heavy (non-hydrogen) atoms. The topological polar surface area (TPSA) is 131 Å². The zero-order valence-corrected chi connectivity index (χ0v) is 14.3. The fraction of sp³-hybridized carbons (Fsp3) is 0.438. The molecule has 1 atom stereocenters. The molecule has 1 aromatic carbocycles. The molecular weight excluding hydrogens is 333 g/mol. The van der Waals surface area contributed by atoms with Gasteiger partial charge >= 0.3 is 12.1 Å². The smallest absolute Gasteiger partial charge is 0.407 e. The molecule has 0 unspecified atom stereocenters. The van der Waals surface area contributed by atoms with Crippen molar-refractivity contribution in [2.45, 2.75) is 38.8 Å². The third-order valence-corrected chi connectivity index (χ3v) is 2.96. The predicted molar refractivity (Wildman–Crippen MR) is 88.6 cm³/mol. The van der Waals surface area contributed by atoms with Crippen molar-refractivity contribution < 1.29 is 28.6 Å². The van der Waals surface area contributed by atoms with Crippen LogP contribution in [0.2, 0.25) is 0 Å². The molecule has 2 amide bonds. The van der Waals surface area contributed by atoms with Gasteiger partial charge in [0.15, 0.2) is 0 Å². The number of halogens is 1. The normalized spacial score (nSPS) is 12.2. The van der Waals surface area contributed by atoms with E-state index in [0.717, 1.165) is 18.2 Å². The first-order chi connectivity index (χ1) is 11.5. The van der Waals surface area contributed by atoms with Crippen LogP contribution in [0.5, 0.6) is 0 Å². The molecule has 0 saturated carbocycles. The van der Waals surface area contributed by atoms with Crippen molar-refractivity contribution in [3.63, 3.8) is 0 Å². The minimum atomic E-state index is -1.28. The number of amides is 2. The fourth-order valence-corrected chi connectivity index (χ4v) is 1.87. The van der Waals surface area contributed by atoms with E-state index in [4.69, 9.17) is 10.5 Å². The summed E-state index contributed by atoms with van der Waals surface area (Å²) in [5.41, 5.74) is 4.74. The Labute approximate surface area is 144 Å². The molecule has 0 aliphatic carbocycles. The van der Waals surface area contributed by atoms with E-state index in [2.05, 4.69) is 10.6 Å². The fourth-order valence-electron chi connectivity index (χ4n) is 1.87. The van der Waals surface area contributed by atoms with Crippen LogP contribution in [0, 0.1) is 5.82 Å². The van der Waals surface area contributed by atoms with E-state index in [9.17, 15) is 23.9 Å². The van der Waals surface area contributed by atoms with Crippen LogP contribution in [0.15, 0.2) is 18.2 Å². The van der Waals surface area contributed by atoms with Crippen molar-refractivity contribution in [3.05, 3.63) is 29.6 Å². The van der Waals surface area contributed by atoms with E-state index in [0.29, 0.717) is 0 Å². The lowest BCUT2D eigenvalue weighted by molar-refractivity contribution is -0.139. The van der Waals surface area contributed by atoms with Gasteiger partial charge in [0.25, 0.3) is 5.91 Å². The summed E-state index contributed by atoms with van der Waals surface area (Å²) < 4.78 is 18.0. The summed E-state index contributed by atoms with van der Waals surface area (Å²) in [6, 6.07) is 1.92. The van der Waals surface area contributed by atoms with Crippen molar-refractivity contribution in [2.75, 3.05) is 12.3 Å². The summed E-state index contributed by atoms with van der Waals surface area (Å²) in [7, 11) is 0. The molecule has 138 valence electrons. The maximum absolute atomic E-state index is 13.0. The number of benzene rings is 1. The molecular formula is C16H22FN3O5. The molecule has 0 fully saturated rings. The van der Waals surface area contributed by atoms with Crippen molar-refractivity contribution >= 4 is 23.7 Å². The van der Waals surface area contributed by atoms with Crippen LogP contribution >= 0.6 is 0 Å². The summed E-state index contributed by atoms with van der Waals surface area (Å²) in [6.45, 7) is 5.06. The number of hydrogen-bond donors (Lipinski definition) is 4. The lowest BCUT2D eigenvalue weighted by Crippen LogP contribution is -2.43. The van der Waals surface area contributed by atoms with Gasteiger partial charge in [0, 0.05) is 12.2 Å². The largest absolute Gasteiger partial charge is 0.480 e. The molecule has 9 heteroatoms. The molecule has 0 aliphatic heterocycles. The second kappa shape index (κ2) is 8.32. The number of carboxylic acids is 1. The lowest BCUT2D eigenvalue weighted by atomic mass is 10.1. The number of carbonyl (C=O) groups is 3. The first kappa shape index (κ1) is 20.2. The van der Waals surface area contributed by atoms with Gasteiger partial charge in [0.1, 0.15) is 17.5 Å². The number of anilines is 1. The maximum atomic E-state index is 13.0. The number of alkyl carbamates (subject to hydrolysis) is 1. The second-order valence-corrected chi connectivity index (χ2v) is 6.31. The van der Waals surface area contributed by atoms with Crippen molar-refractivity contribution in [1.29, 1.82) is 0 Å². The number of carbonyl (C=O) groups excluding carboxylic acids is 2. The summed E-state index contributed by atoms with van der Waals surface area (Å²) in [6.07, 6.45) is -0.757. The molecule has 5 N–H and O–H groups in total. The van der Waals surface area contributed by atoms with Gasteiger partial charge in [-0.2, -0.15) is 0 Å². The molecule has 0 spiro atoms. The second-order valence-electron chi connectivity index (χ2n) is 6.31. The highest BCUT2D eigenvalue weighted by Gasteiger charge is 2.22. The zero-order chi connectivity index (χ0) is 19.2. The third kappa shape index (κ3) is 7.06. The van der Waals surface area contributed by atoms with Gasteiger partial charge in [-0.1, -0.05) is 0 Å².